The van der Waals surface area contributed by atoms with Gasteiger partial charge in [0.05, 0.1) is 16.6 Å². The standard InChI is InChI=1S/C19H17ClF3NO3S/c20-16-4-2-1-3-15(16)17-9-10-24(11-12-28(17,26)27)18(25)13-5-7-14(8-6-13)19(21,22)23/h1-8,17H,9-12H2. The minimum absolute atomic E-state index is 0.0247. The van der Waals surface area contributed by atoms with Gasteiger partial charge in [0.2, 0.25) is 0 Å². The van der Waals surface area contributed by atoms with Crippen LogP contribution in [0.1, 0.15) is 33.2 Å². The normalized spacial score (nSPS) is 19.9. The number of sulfone groups is 1. The van der Waals surface area contributed by atoms with Crippen LogP contribution in [0.3, 0.4) is 0 Å². The summed E-state index contributed by atoms with van der Waals surface area (Å²) in [7, 11) is -3.54. The summed E-state index contributed by atoms with van der Waals surface area (Å²) in [5.74, 6) is -0.737. The highest BCUT2D eigenvalue weighted by Gasteiger charge is 2.34. The van der Waals surface area contributed by atoms with E-state index in [1.54, 1.807) is 24.3 Å². The van der Waals surface area contributed by atoms with Crippen molar-refractivity contribution < 1.29 is 26.4 Å². The average molecular weight is 432 g/mol. The molecule has 1 unspecified atom stereocenters. The van der Waals surface area contributed by atoms with Crippen molar-refractivity contribution in [2.24, 2.45) is 0 Å². The van der Waals surface area contributed by atoms with Crippen molar-refractivity contribution in [1.82, 2.24) is 4.90 Å². The molecule has 0 radical (unpaired) electrons. The fraction of sp³-hybridized carbons (Fsp3) is 0.316. The lowest BCUT2D eigenvalue weighted by atomic mass is 10.1. The van der Waals surface area contributed by atoms with E-state index in [-0.39, 0.29) is 30.8 Å². The maximum absolute atomic E-state index is 12.7. The minimum atomic E-state index is -4.49. The Kier molecular flexibility index (Phi) is 5.72. The van der Waals surface area contributed by atoms with E-state index in [0.717, 1.165) is 24.3 Å². The van der Waals surface area contributed by atoms with E-state index in [2.05, 4.69) is 0 Å². The van der Waals surface area contributed by atoms with Gasteiger partial charge in [0.15, 0.2) is 9.84 Å². The Hall–Kier alpha value is -2.06. The van der Waals surface area contributed by atoms with Gasteiger partial charge < -0.3 is 4.90 Å². The van der Waals surface area contributed by atoms with Gasteiger partial charge in [-0.3, -0.25) is 4.79 Å². The third kappa shape index (κ3) is 4.33. The molecule has 1 saturated heterocycles. The fourth-order valence-corrected chi connectivity index (χ4v) is 5.37. The average Bonchev–Trinajstić information content (AvgIpc) is 2.79. The second-order valence-electron chi connectivity index (χ2n) is 6.53. The van der Waals surface area contributed by atoms with E-state index in [0.29, 0.717) is 10.6 Å². The Bertz CT molecular complexity index is 975. The van der Waals surface area contributed by atoms with E-state index >= 15 is 0 Å². The zero-order chi connectivity index (χ0) is 20.5. The molecular weight excluding hydrogens is 415 g/mol. The van der Waals surface area contributed by atoms with E-state index < -0.39 is 32.7 Å². The Balaban J connectivity index is 1.81. The molecule has 150 valence electrons. The second-order valence-corrected chi connectivity index (χ2v) is 9.24. The molecule has 1 heterocycles. The lowest BCUT2D eigenvalue weighted by Gasteiger charge is -2.20. The van der Waals surface area contributed by atoms with Gasteiger partial charge in [-0.15, -0.1) is 0 Å². The highest BCUT2D eigenvalue weighted by atomic mass is 35.5. The molecule has 1 aliphatic heterocycles. The van der Waals surface area contributed by atoms with Crippen LogP contribution in [0, 0.1) is 0 Å². The molecule has 0 aromatic heterocycles. The number of nitrogens with zero attached hydrogens (tertiary/aromatic N) is 1. The molecule has 0 N–H and O–H groups in total. The van der Waals surface area contributed by atoms with E-state index in [4.69, 9.17) is 11.6 Å². The molecule has 1 atom stereocenters. The summed E-state index contributed by atoms with van der Waals surface area (Å²) in [4.78, 5) is 14.0. The van der Waals surface area contributed by atoms with Crippen LogP contribution in [0.4, 0.5) is 13.2 Å². The zero-order valence-electron chi connectivity index (χ0n) is 14.6. The second kappa shape index (κ2) is 7.75. The predicted octanol–water partition coefficient (Wildman–Crippen LogP) is 4.36. The Labute approximate surface area is 165 Å². The molecule has 1 fully saturated rings. The van der Waals surface area contributed by atoms with Crippen molar-refractivity contribution in [3.8, 4) is 0 Å². The monoisotopic (exact) mass is 431 g/mol. The summed E-state index contributed by atoms with van der Waals surface area (Å²) in [6, 6.07) is 10.6. The highest BCUT2D eigenvalue weighted by Crippen LogP contribution is 2.34. The molecule has 1 aliphatic rings. The van der Waals surface area contributed by atoms with Crippen molar-refractivity contribution in [3.63, 3.8) is 0 Å². The van der Waals surface area contributed by atoms with Crippen LogP contribution in [0.5, 0.6) is 0 Å². The minimum Gasteiger partial charge on any atom is -0.338 e. The predicted molar refractivity (Wildman–Crippen MR) is 99.9 cm³/mol. The highest BCUT2D eigenvalue weighted by molar-refractivity contribution is 7.91. The van der Waals surface area contributed by atoms with Crippen molar-refractivity contribution in [2.75, 3.05) is 18.8 Å². The molecule has 0 bridgehead atoms. The number of amides is 1. The SMILES string of the molecule is O=C(c1ccc(C(F)(F)F)cc1)N1CCC(c2ccccc2Cl)S(=O)(=O)CC1. The van der Waals surface area contributed by atoms with E-state index in [1.807, 2.05) is 0 Å². The molecule has 0 saturated carbocycles. The molecule has 28 heavy (non-hydrogen) atoms. The fourth-order valence-electron chi connectivity index (χ4n) is 3.22. The molecule has 9 heteroatoms. The zero-order valence-corrected chi connectivity index (χ0v) is 16.2. The van der Waals surface area contributed by atoms with Gasteiger partial charge in [-0.2, -0.15) is 13.2 Å². The lowest BCUT2D eigenvalue weighted by Crippen LogP contribution is -2.33. The van der Waals surface area contributed by atoms with Crippen molar-refractivity contribution >= 4 is 27.3 Å². The third-order valence-electron chi connectivity index (χ3n) is 4.74. The van der Waals surface area contributed by atoms with Crippen LogP contribution < -0.4 is 0 Å². The Morgan fingerprint density at radius 1 is 1.04 bits per heavy atom. The largest absolute Gasteiger partial charge is 0.416 e. The van der Waals surface area contributed by atoms with Crippen LogP contribution in [-0.4, -0.2) is 38.1 Å². The molecule has 4 nitrogen and oxygen atoms in total. The van der Waals surface area contributed by atoms with Gasteiger partial charge >= 0.3 is 6.18 Å². The number of halogens is 4. The van der Waals surface area contributed by atoms with Gasteiger partial charge in [0.25, 0.3) is 5.91 Å². The maximum Gasteiger partial charge on any atom is 0.416 e. The summed E-state index contributed by atoms with van der Waals surface area (Å²) in [6.45, 7) is 0.137. The van der Waals surface area contributed by atoms with E-state index in [9.17, 15) is 26.4 Å². The number of benzene rings is 2. The molecule has 0 spiro atoms. The number of carbonyl (C=O) groups is 1. The van der Waals surface area contributed by atoms with Gasteiger partial charge in [0, 0.05) is 23.7 Å². The summed E-state index contributed by atoms with van der Waals surface area (Å²) >= 11 is 6.15. The van der Waals surface area contributed by atoms with Crippen LogP contribution in [0.2, 0.25) is 5.02 Å². The van der Waals surface area contributed by atoms with Crippen LogP contribution in [0.15, 0.2) is 48.5 Å². The summed E-state index contributed by atoms with van der Waals surface area (Å²) < 4.78 is 63.4. The first kappa shape index (κ1) is 20.7. The first-order valence-electron chi connectivity index (χ1n) is 8.52. The number of hydrogen-bond acceptors (Lipinski definition) is 3. The molecule has 3 rings (SSSR count). The summed E-state index contributed by atoms with van der Waals surface area (Å²) in [5, 5.41) is -0.481. The first-order valence-corrected chi connectivity index (χ1v) is 10.6. The van der Waals surface area contributed by atoms with Gasteiger partial charge in [0.1, 0.15) is 0 Å². The van der Waals surface area contributed by atoms with Gasteiger partial charge in [-0.1, -0.05) is 29.8 Å². The molecule has 2 aromatic rings. The van der Waals surface area contributed by atoms with Crippen LogP contribution >= 0.6 is 11.6 Å². The van der Waals surface area contributed by atoms with Crippen molar-refractivity contribution in [2.45, 2.75) is 17.8 Å². The van der Waals surface area contributed by atoms with Crippen LogP contribution in [-0.2, 0) is 16.0 Å². The Morgan fingerprint density at radius 2 is 1.68 bits per heavy atom. The number of hydrogen-bond donors (Lipinski definition) is 0. The first-order chi connectivity index (χ1) is 13.1. The summed E-state index contributed by atoms with van der Waals surface area (Å²) in [5.41, 5.74) is -0.268. The van der Waals surface area contributed by atoms with E-state index in [1.165, 1.54) is 4.90 Å². The maximum atomic E-state index is 12.7. The van der Waals surface area contributed by atoms with Crippen molar-refractivity contribution in [1.29, 1.82) is 0 Å². The van der Waals surface area contributed by atoms with Gasteiger partial charge in [-0.25, -0.2) is 8.42 Å². The number of rotatable bonds is 2. The lowest BCUT2D eigenvalue weighted by molar-refractivity contribution is -0.137. The molecular formula is C19H17ClF3NO3S. The van der Waals surface area contributed by atoms with Crippen molar-refractivity contribution in [3.05, 3.63) is 70.2 Å². The Morgan fingerprint density at radius 3 is 2.29 bits per heavy atom. The number of carbonyl (C=O) groups excluding carboxylic acids is 1. The summed E-state index contributed by atoms with van der Waals surface area (Å²) in [6.07, 6.45) is -4.32. The smallest absolute Gasteiger partial charge is 0.338 e. The number of alkyl halides is 3. The van der Waals surface area contributed by atoms with Gasteiger partial charge in [-0.05, 0) is 42.3 Å². The quantitative estimate of drug-likeness (QED) is 0.710. The molecule has 0 aliphatic carbocycles. The van der Waals surface area contributed by atoms with Crippen LogP contribution in [0.25, 0.3) is 0 Å². The third-order valence-corrected chi connectivity index (χ3v) is 7.19. The molecule has 1 amide bonds. The molecule has 2 aromatic carbocycles. The topological polar surface area (TPSA) is 54.5 Å².